The van der Waals surface area contributed by atoms with E-state index < -0.39 is 0 Å². The highest BCUT2D eigenvalue weighted by molar-refractivity contribution is 7.71. The molecule has 5 heteroatoms. The van der Waals surface area contributed by atoms with Crippen molar-refractivity contribution in [3.8, 4) is 0 Å². The van der Waals surface area contributed by atoms with Crippen LogP contribution in [0.4, 0.5) is 0 Å². The van der Waals surface area contributed by atoms with Crippen molar-refractivity contribution in [1.82, 2.24) is 19.2 Å². The molecule has 1 aromatic heterocycles. The van der Waals surface area contributed by atoms with E-state index in [-0.39, 0.29) is 0 Å². The number of aryl methyl sites for hydroxylation is 1. The number of hydrogen-bond donors (Lipinski definition) is 0. The molecule has 0 amide bonds. The van der Waals surface area contributed by atoms with Gasteiger partial charge in [0.1, 0.15) is 6.33 Å². The molecule has 1 aliphatic heterocycles. The van der Waals surface area contributed by atoms with E-state index in [1.54, 1.807) is 6.33 Å². The van der Waals surface area contributed by atoms with Crippen molar-refractivity contribution in [1.29, 1.82) is 0 Å². The van der Waals surface area contributed by atoms with Gasteiger partial charge >= 0.3 is 0 Å². The van der Waals surface area contributed by atoms with E-state index in [1.807, 2.05) is 16.3 Å². The predicted molar refractivity (Wildman–Crippen MR) is 72.6 cm³/mol. The maximum absolute atomic E-state index is 5.31. The van der Waals surface area contributed by atoms with Gasteiger partial charge < -0.3 is 4.57 Å². The monoisotopic (exact) mass is 260 g/mol. The lowest BCUT2D eigenvalue weighted by atomic mass is 10.0. The Morgan fingerprint density at radius 1 is 1.28 bits per heavy atom. The third kappa shape index (κ3) is 2.11. The Balaban J connectivity index is 1.77. The summed E-state index contributed by atoms with van der Waals surface area (Å²) < 4.78 is 4.52. The van der Waals surface area contributed by atoms with Crippen LogP contribution < -0.4 is 0 Å². The van der Waals surface area contributed by atoms with Crippen molar-refractivity contribution in [2.75, 3.05) is 6.54 Å². The maximum Gasteiger partial charge on any atom is 0.198 e. The lowest BCUT2D eigenvalue weighted by Crippen LogP contribution is -2.32. The Labute approximate surface area is 111 Å². The van der Waals surface area contributed by atoms with Crippen LogP contribution in [0.15, 0.2) is 30.6 Å². The Morgan fingerprint density at radius 3 is 2.78 bits per heavy atom. The molecule has 0 fully saturated rings. The van der Waals surface area contributed by atoms with Gasteiger partial charge in [-0.05, 0) is 29.8 Å². The standard InChI is InChI=1S/C13H16N4S/c1-15-9-14-17(13(15)18)10-16-7-6-11-4-2-3-5-12(11)8-16/h2-5,9H,6-8,10H2,1H3. The van der Waals surface area contributed by atoms with E-state index >= 15 is 0 Å². The molecule has 0 saturated heterocycles. The molecule has 0 atom stereocenters. The molecule has 0 unspecified atom stereocenters. The zero-order chi connectivity index (χ0) is 12.5. The number of aromatic nitrogens is 3. The maximum atomic E-state index is 5.31. The number of benzene rings is 1. The Kier molecular flexibility index (Phi) is 3.01. The predicted octanol–water partition coefficient (Wildman–Crippen LogP) is 1.97. The lowest BCUT2D eigenvalue weighted by Gasteiger charge is -2.28. The van der Waals surface area contributed by atoms with Gasteiger partial charge in [-0.3, -0.25) is 4.90 Å². The van der Waals surface area contributed by atoms with Gasteiger partial charge in [-0.2, -0.15) is 5.10 Å². The first-order valence-electron chi connectivity index (χ1n) is 6.11. The van der Waals surface area contributed by atoms with Crippen LogP contribution >= 0.6 is 12.2 Å². The van der Waals surface area contributed by atoms with Gasteiger partial charge in [-0.1, -0.05) is 24.3 Å². The summed E-state index contributed by atoms with van der Waals surface area (Å²) in [6.45, 7) is 2.82. The molecule has 0 saturated carbocycles. The lowest BCUT2D eigenvalue weighted by molar-refractivity contribution is 0.188. The van der Waals surface area contributed by atoms with Crippen molar-refractivity contribution >= 4 is 12.2 Å². The summed E-state index contributed by atoms with van der Waals surface area (Å²) in [5.74, 6) is 0. The average Bonchev–Trinajstić information content (AvgIpc) is 2.71. The van der Waals surface area contributed by atoms with Gasteiger partial charge in [-0.25, -0.2) is 4.68 Å². The molecule has 2 aromatic rings. The van der Waals surface area contributed by atoms with Gasteiger partial charge in [0.25, 0.3) is 0 Å². The van der Waals surface area contributed by atoms with Crippen LogP contribution in [-0.4, -0.2) is 25.8 Å². The number of nitrogens with zero attached hydrogens (tertiary/aromatic N) is 4. The van der Waals surface area contributed by atoms with Gasteiger partial charge in [0.2, 0.25) is 0 Å². The second-order valence-corrected chi connectivity index (χ2v) is 5.10. The summed E-state index contributed by atoms with van der Waals surface area (Å²) in [5, 5.41) is 4.30. The largest absolute Gasteiger partial charge is 0.310 e. The molecule has 18 heavy (non-hydrogen) atoms. The first-order valence-corrected chi connectivity index (χ1v) is 6.52. The molecule has 1 aliphatic rings. The molecule has 0 bridgehead atoms. The first-order chi connectivity index (χ1) is 8.74. The fraction of sp³-hybridized carbons (Fsp3) is 0.385. The molecule has 1 aromatic carbocycles. The van der Waals surface area contributed by atoms with Crippen molar-refractivity contribution in [2.24, 2.45) is 7.05 Å². The van der Waals surface area contributed by atoms with Gasteiger partial charge in [0.05, 0.1) is 6.67 Å². The number of rotatable bonds is 2. The number of fused-ring (bicyclic) bond motifs is 1. The van der Waals surface area contributed by atoms with Crippen LogP contribution in [0.1, 0.15) is 11.1 Å². The summed E-state index contributed by atoms with van der Waals surface area (Å²) >= 11 is 5.31. The molecule has 2 heterocycles. The van der Waals surface area contributed by atoms with Crippen LogP contribution in [0.2, 0.25) is 0 Å². The second-order valence-electron chi connectivity index (χ2n) is 4.74. The van der Waals surface area contributed by atoms with Gasteiger partial charge in [-0.15, -0.1) is 0 Å². The van der Waals surface area contributed by atoms with Crippen molar-refractivity contribution in [3.63, 3.8) is 0 Å². The number of hydrogen-bond acceptors (Lipinski definition) is 3. The first kappa shape index (κ1) is 11.6. The Hall–Kier alpha value is -1.46. The highest BCUT2D eigenvalue weighted by Crippen LogP contribution is 2.18. The quantitative estimate of drug-likeness (QED) is 0.772. The van der Waals surface area contributed by atoms with Crippen molar-refractivity contribution < 1.29 is 0 Å². The van der Waals surface area contributed by atoms with Crippen LogP contribution in [0.25, 0.3) is 0 Å². The zero-order valence-corrected chi connectivity index (χ0v) is 11.2. The summed E-state index contributed by atoms with van der Waals surface area (Å²) in [5.41, 5.74) is 2.89. The van der Waals surface area contributed by atoms with Crippen LogP contribution in [0.3, 0.4) is 0 Å². The summed E-state index contributed by atoms with van der Waals surface area (Å²) in [6.07, 6.45) is 2.87. The van der Waals surface area contributed by atoms with E-state index in [9.17, 15) is 0 Å². The topological polar surface area (TPSA) is 26.0 Å². The molecule has 94 valence electrons. The van der Waals surface area contributed by atoms with E-state index in [0.717, 1.165) is 31.0 Å². The minimum absolute atomic E-state index is 0.772. The van der Waals surface area contributed by atoms with Crippen LogP contribution in [0.5, 0.6) is 0 Å². The molecule has 4 nitrogen and oxygen atoms in total. The van der Waals surface area contributed by atoms with Gasteiger partial charge in [0.15, 0.2) is 4.77 Å². The smallest absolute Gasteiger partial charge is 0.198 e. The molecule has 3 rings (SSSR count). The average molecular weight is 260 g/mol. The molecule has 0 spiro atoms. The van der Waals surface area contributed by atoms with E-state index in [2.05, 4.69) is 34.3 Å². The zero-order valence-electron chi connectivity index (χ0n) is 10.4. The highest BCUT2D eigenvalue weighted by atomic mass is 32.1. The fourth-order valence-corrected chi connectivity index (χ4v) is 2.53. The molecule has 0 N–H and O–H groups in total. The van der Waals surface area contributed by atoms with E-state index in [4.69, 9.17) is 12.2 Å². The van der Waals surface area contributed by atoms with Crippen LogP contribution in [0, 0.1) is 4.77 Å². The van der Waals surface area contributed by atoms with E-state index in [0.29, 0.717) is 0 Å². The summed E-state index contributed by atoms with van der Waals surface area (Å²) in [7, 11) is 1.93. The van der Waals surface area contributed by atoms with Crippen molar-refractivity contribution in [3.05, 3.63) is 46.5 Å². The minimum atomic E-state index is 0.772. The normalized spacial score (nSPS) is 15.6. The summed E-state index contributed by atoms with van der Waals surface area (Å²) in [6, 6.07) is 8.65. The summed E-state index contributed by atoms with van der Waals surface area (Å²) in [4.78, 5) is 2.38. The molecular weight excluding hydrogens is 244 g/mol. The Morgan fingerprint density at radius 2 is 2.06 bits per heavy atom. The Bertz CT molecular complexity index is 613. The van der Waals surface area contributed by atoms with Crippen molar-refractivity contribution in [2.45, 2.75) is 19.6 Å². The third-order valence-electron chi connectivity index (χ3n) is 3.43. The molecular formula is C13H16N4S. The highest BCUT2D eigenvalue weighted by Gasteiger charge is 2.16. The third-order valence-corrected chi connectivity index (χ3v) is 3.93. The second kappa shape index (κ2) is 4.66. The molecule has 0 radical (unpaired) electrons. The van der Waals surface area contributed by atoms with Crippen LogP contribution in [-0.2, 0) is 26.7 Å². The SMILES string of the molecule is Cn1cnn(CN2CCc3ccccc3C2)c1=S. The van der Waals surface area contributed by atoms with E-state index in [1.165, 1.54) is 11.1 Å². The minimum Gasteiger partial charge on any atom is -0.310 e. The van der Waals surface area contributed by atoms with Gasteiger partial charge in [0, 0.05) is 20.1 Å². The molecule has 0 aliphatic carbocycles. The fourth-order valence-electron chi connectivity index (χ4n) is 2.38.